The third-order valence-corrected chi connectivity index (χ3v) is 27.1. The molecule has 5 fully saturated rings. The lowest BCUT2D eigenvalue weighted by Crippen LogP contribution is -2.57. The van der Waals surface area contributed by atoms with Gasteiger partial charge in [-0.2, -0.15) is 52.7 Å². The maximum absolute atomic E-state index is 13.6. The number of halogens is 13. The van der Waals surface area contributed by atoms with Crippen molar-refractivity contribution in [2.75, 3.05) is 107 Å². The fraction of sp³-hybridized carbons (Fsp3) is 0.576. The molecule has 8 amide bonds. The van der Waals surface area contributed by atoms with Gasteiger partial charge in [-0.3, -0.25) is 0 Å². The average Bonchev–Trinajstić information content (AvgIpc) is 1.56. The van der Waals surface area contributed by atoms with E-state index in [2.05, 4.69) is 122 Å². The SMILES string of the molecule is CCN(CC(F)(F)F)C(=O)N[C@H]1C[C@@H]2c3cccc4[nH]c(C(F)(F)F)c(c34)C[C@H]2N(C)C1.CCN(CC(F)(F)F)C(=O)N[C@H]1C[C@@H]2c3cccc4[nH]c(C5CC5)c(c34)C[C@H]2N(C)C1.CCN(CC)C(=O)N[C@H]1C[C@@H]2c3cccc4[nH]c(Br)c(c34)C[C@H]2N(C)C1.CCN(CC)C(=O)N[C@H]1C[C@@H]2c3cccc4[nH]c(C(F)(F)F)c(c34)C[C@H]2N(C)C1. The molecule has 0 unspecified atom stereocenters. The first-order valence-corrected chi connectivity index (χ1v) is 42.2. The Morgan fingerprint density at radius 3 is 0.958 bits per heavy atom. The lowest BCUT2D eigenvalue weighted by atomic mass is 9.73. The molecule has 0 bridgehead atoms. The highest BCUT2D eigenvalue weighted by Gasteiger charge is 2.50. The van der Waals surface area contributed by atoms with Crippen molar-refractivity contribution in [2.45, 2.75) is 208 Å². The number of piperidine rings is 4. The standard InChI is InChI=1S/C23H29F3N4O.C21H24F6N4O.C21H27F3N4O.C20H27BrN4O/c1-3-30(12-23(24,25)26)22(31)27-14-9-16-15-5-4-6-18-20(15)17(10-19(16)29(2)11-14)21(28-18)13-7-8-13;1-3-31(10-20(22,23)24)19(32)28-11-7-13-12-5-4-6-15-17(12)14(8-16(13)30(2)9-11)18(29-15)21(25,26)27;1-4-28(5-2)20(29)25-12-9-14-13-7-6-8-16-18(13)15(10-17(14)27(3)11-12)19(26-16)21(22,23)24;1-4-25(5-2)20(26)22-12-9-14-13-7-6-8-16-18(13)15(19(21)23-16)10-17(14)24(3)11-12/h4-6,13-14,16,19,28H,3,7-12H2,1-2H3,(H,27,31);4-6,11,13,16,29H,3,7-10H2,1-2H3,(H,28,32);6-8,12,14,17,26H,4-5,9-11H2,1-3H3,(H,25,29);6-8,12,14,17,23H,4-5,9-11H2,1-3H3,(H,22,26)/t14-,16+,19+;11-,13+,16+;2*12-,14+,17+/m0000/s1. The molecule has 4 aromatic heterocycles. The number of likely N-dealkylation sites (N-methyl/N-ethyl adjacent to an activating group) is 4. The van der Waals surface area contributed by atoms with Crippen molar-refractivity contribution in [1.82, 2.24) is 80.4 Å². The molecule has 33 heteroatoms. The maximum atomic E-state index is 13.6. The summed E-state index contributed by atoms with van der Waals surface area (Å²) >= 11 is 3.71. The van der Waals surface area contributed by atoms with Crippen LogP contribution in [-0.2, 0) is 38.0 Å². The number of fused-ring (bicyclic) bond motifs is 8. The molecule has 5 aliphatic carbocycles. The summed E-state index contributed by atoms with van der Waals surface area (Å²) in [5, 5.41) is 16.0. The van der Waals surface area contributed by atoms with Gasteiger partial charge in [-0.15, -0.1) is 0 Å². The summed E-state index contributed by atoms with van der Waals surface area (Å²) in [6, 6.07) is 22.3. The van der Waals surface area contributed by atoms with Crippen molar-refractivity contribution in [1.29, 1.82) is 0 Å². The van der Waals surface area contributed by atoms with E-state index in [1.165, 1.54) is 69.5 Å². The van der Waals surface area contributed by atoms with Crippen molar-refractivity contribution in [2.24, 2.45) is 0 Å². The number of urea groups is 4. The van der Waals surface area contributed by atoms with Gasteiger partial charge >= 0.3 is 48.8 Å². The molecular weight excluding hydrogens is 1620 g/mol. The molecule has 118 heavy (non-hydrogen) atoms. The number of benzene rings is 4. The second kappa shape index (κ2) is 33.9. The highest BCUT2D eigenvalue weighted by Crippen LogP contribution is 2.53. The Morgan fingerprint density at radius 1 is 0.390 bits per heavy atom. The molecule has 4 aliphatic heterocycles. The van der Waals surface area contributed by atoms with Gasteiger partial charge in [-0.05, 0) is 225 Å². The van der Waals surface area contributed by atoms with Gasteiger partial charge in [0.1, 0.15) is 24.5 Å². The summed E-state index contributed by atoms with van der Waals surface area (Å²) in [5.41, 5.74) is 11.3. The third-order valence-electron chi connectivity index (χ3n) is 26.4. The van der Waals surface area contributed by atoms with E-state index in [1.54, 1.807) is 43.1 Å². The normalized spacial score (nSPS) is 24.8. The topological polar surface area (TPSA) is 205 Å². The molecule has 4 saturated heterocycles. The fourth-order valence-electron chi connectivity index (χ4n) is 20.9. The molecule has 642 valence electrons. The zero-order valence-electron chi connectivity index (χ0n) is 68.1. The zero-order valence-corrected chi connectivity index (χ0v) is 69.7. The maximum Gasteiger partial charge on any atom is 0.431 e. The van der Waals surface area contributed by atoms with E-state index in [9.17, 15) is 71.9 Å². The Morgan fingerprint density at radius 2 is 0.661 bits per heavy atom. The van der Waals surface area contributed by atoms with Gasteiger partial charge in [0.25, 0.3) is 0 Å². The van der Waals surface area contributed by atoms with Crippen LogP contribution in [0.25, 0.3) is 43.6 Å². The number of aromatic amines is 4. The molecule has 8 heterocycles. The van der Waals surface area contributed by atoms with Gasteiger partial charge < -0.3 is 80.4 Å². The average molecular weight is 1720 g/mol. The summed E-state index contributed by atoms with van der Waals surface area (Å²) in [7, 11) is 7.98. The Balaban J connectivity index is 0.000000130. The van der Waals surface area contributed by atoms with Crippen molar-refractivity contribution in [3.05, 3.63) is 139 Å². The van der Waals surface area contributed by atoms with E-state index in [1.807, 2.05) is 56.7 Å². The van der Waals surface area contributed by atoms with E-state index in [0.717, 1.165) is 72.4 Å². The smallest absolute Gasteiger partial charge is 0.358 e. The molecule has 1 saturated carbocycles. The first-order chi connectivity index (χ1) is 55.9. The van der Waals surface area contributed by atoms with Crippen LogP contribution in [0.15, 0.2) is 77.4 Å². The summed E-state index contributed by atoms with van der Waals surface area (Å²) in [5.74, 6) is 1.30. The molecule has 0 spiro atoms. The number of carbonyl (C=O) groups excluding carboxylic acids is 4. The Bertz CT molecular complexity index is 4980. The van der Waals surface area contributed by atoms with Crippen molar-refractivity contribution in [3.63, 3.8) is 0 Å². The van der Waals surface area contributed by atoms with E-state index >= 15 is 0 Å². The molecule has 8 N–H and O–H groups in total. The summed E-state index contributed by atoms with van der Waals surface area (Å²) in [6.07, 6.45) is -9.76. The number of alkyl halides is 12. The van der Waals surface area contributed by atoms with Gasteiger partial charge in [-0.1, -0.05) is 48.5 Å². The third kappa shape index (κ3) is 17.5. The van der Waals surface area contributed by atoms with Crippen LogP contribution in [0.3, 0.4) is 0 Å². The lowest BCUT2D eigenvalue weighted by molar-refractivity contribution is -0.142. The van der Waals surface area contributed by atoms with E-state index in [-0.39, 0.29) is 85.1 Å². The van der Waals surface area contributed by atoms with Crippen LogP contribution in [0.1, 0.15) is 171 Å². The van der Waals surface area contributed by atoms with Gasteiger partial charge in [0.2, 0.25) is 0 Å². The monoisotopic (exact) mass is 1720 g/mol. The second-order valence-corrected chi connectivity index (χ2v) is 34.4. The predicted octanol–water partition coefficient (Wildman–Crippen LogP) is 16.5. The molecule has 12 atom stereocenters. The number of rotatable bonds is 13. The van der Waals surface area contributed by atoms with E-state index in [4.69, 9.17) is 0 Å². The predicted molar refractivity (Wildman–Crippen MR) is 435 cm³/mol. The van der Waals surface area contributed by atoms with Crippen molar-refractivity contribution < 1.29 is 71.9 Å². The number of nitrogens with one attached hydrogen (secondary N) is 8. The number of carbonyl (C=O) groups is 4. The van der Waals surface area contributed by atoms with Crippen molar-refractivity contribution >= 4 is 83.7 Å². The quantitative estimate of drug-likeness (QED) is 0.0520. The summed E-state index contributed by atoms with van der Waals surface area (Å²) in [4.78, 5) is 76.2. The van der Waals surface area contributed by atoms with E-state index < -0.39 is 67.3 Å². The fourth-order valence-corrected chi connectivity index (χ4v) is 21.5. The van der Waals surface area contributed by atoms with Crippen LogP contribution < -0.4 is 21.3 Å². The Kier molecular flexibility index (Phi) is 24.7. The molecule has 9 aliphatic rings. The van der Waals surface area contributed by atoms with Gasteiger partial charge in [0.15, 0.2) is 0 Å². The van der Waals surface area contributed by atoms with Gasteiger partial charge in [0, 0.05) is 187 Å². The van der Waals surface area contributed by atoms with Crippen molar-refractivity contribution in [3.8, 4) is 0 Å². The van der Waals surface area contributed by atoms with Crippen LogP contribution in [0.2, 0.25) is 0 Å². The highest BCUT2D eigenvalue weighted by molar-refractivity contribution is 9.10. The van der Waals surface area contributed by atoms with Crippen LogP contribution in [0, 0.1) is 0 Å². The molecule has 20 nitrogen and oxygen atoms in total. The second-order valence-electron chi connectivity index (χ2n) is 33.6. The Labute approximate surface area is 686 Å². The molecular formula is C85H107BrF12N16O4. The largest absolute Gasteiger partial charge is 0.431 e. The zero-order chi connectivity index (χ0) is 84.7. The minimum absolute atomic E-state index is 0.00777. The molecule has 17 rings (SSSR count). The van der Waals surface area contributed by atoms with Crippen LogP contribution in [0.5, 0.6) is 0 Å². The minimum Gasteiger partial charge on any atom is -0.358 e. The van der Waals surface area contributed by atoms with Crippen LogP contribution in [0.4, 0.5) is 71.9 Å². The van der Waals surface area contributed by atoms with Crippen LogP contribution in [-0.4, -0.2) is 251 Å². The van der Waals surface area contributed by atoms with Gasteiger partial charge in [-0.25, -0.2) is 19.2 Å². The van der Waals surface area contributed by atoms with E-state index in [0.29, 0.717) is 102 Å². The minimum atomic E-state index is -4.50. The number of amides is 8. The first-order valence-electron chi connectivity index (χ1n) is 41.4. The first kappa shape index (κ1) is 86.0. The number of hydrogen-bond acceptors (Lipinski definition) is 8. The number of H-pyrrole nitrogens is 4. The number of nitrogens with zero attached hydrogens (tertiary/aromatic N) is 8. The number of hydrogen-bond donors (Lipinski definition) is 8. The Hall–Kier alpha value is -8.40. The van der Waals surface area contributed by atoms with Crippen LogP contribution >= 0.6 is 15.9 Å². The summed E-state index contributed by atoms with van der Waals surface area (Å²) < 4.78 is 159. The number of aromatic nitrogens is 4. The lowest BCUT2D eigenvalue weighted by Gasteiger charge is -2.46. The molecule has 0 radical (unpaired) electrons. The molecule has 8 aromatic rings. The summed E-state index contributed by atoms with van der Waals surface area (Å²) in [6.45, 7) is 13.7. The highest BCUT2D eigenvalue weighted by atomic mass is 79.9. The molecule has 4 aromatic carbocycles. The van der Waals surface area contributed by atoms with Gasteiger partial charge in [0.05, 0.1) is 4.60 Å². The number of likely N-dealkylation sites (tertiary alicyclic amines) is 4.